The fourth-order valence-corrected chi connectivity index (χ4v) is 2.35. The average Bonchev–Trinajstić information content (AvgIpc) is 2.46. The summed E-state index contributed by atoms with van der Waals surface area (Å²) in [6, 6.07) is 0.337. The molecule has 0 spiro atoms. The summed E-state index contributed by atoms with van der Waals surface area (Å²) in [6.45, 7) is 1.71. The molecule has 1 aromatic rings. The zero-order valence-corrected chi connectivity index (χ0v) is 8.29. The molecular weight excluding hydrogens is 186 g/mol. The van der Waals surface area contributed by atoms with Crippen LogP contribution in [0.4, 0.5) is 0 Å². The van der Waals surface area contributed by atoms with E-state index in [0.717, 1.165) is 17.8 Å². The van der Waals surface area contributed by atoms with Crippen molar-refractivity contribution in [3.63, 3.8) is 0 Å². The highest BCUT2D eigenvalue weighted by atomic mass is 32.1. The van der Waals surface area contributed by atoms with Crippen LogP contribution in [-0.4, -0.2) is 21.3 Å². The Bertz CT molecular complexity index is 293. The molecule has 1 saturated carbocycles. The molecule has 2 rings (SSSR count). The van der Waals surface area contributed by atoms with Gasteiger partial charge in [0.2, 0.25) is 0 Å². The van der Waals surface area contributed by atoms with Gasteiger partial charge in [-0.15, -0.1) is 10.2 Å². The molecule has 1 fully saturated rings. The van der Waals surface area contributed by atoms with E-state index in [-0.39, 0.29) is 0 Å². The van der Waals surface area contributed by atoms with Gasteiger partial charge in [-0.3, -0.25) is 0 Å². The first kappa shape index (κ1) is 9.05. The molecule has 0 radical (unpaired) electrons. The lowest BCUT2D eigenvalue weighted by Crippen LogP contribution is -2.34. The van der Waals surface area contributed by atoms with Crippen LogP contribution in [0.5, 0.6) is 0 Å². The van der Waals surface area contributed by atoms with E-state index < -0.39 is 6.10 Å². The van der Waals surface area contributed by atoms with Crippen molar-refractivity contribution in [3.8, 4) is 0 Å². The smallest absolute Gasteiger partial charge is 0.145 e. The standard InChI is InChI=1S/C8H13N3OS/c1-4(12)7-10-11-8(13-7)5-2-6(9)3-5/h4-6,12H,2-3,9H2,1H3/t4-,5-,6-/m1/s1. The molecule has 0 saturated heterocycles. The largest absolute Gasteiger partial charge is 0.386 e. The van der Waals surface area contributed by atoms with Crippen LogP contribution in [-0.2, 0) is 0 Å². The molecule has 0 bridgehead atoms. The molecule has 72 valence electrons. The molecule has 4 nitrogen and oxygen atoms in total. The van der Waals surface area contributed by atoms with Crippen molar-refractivity contribution in [1.82, 2.24) is 10.2 Å². The van der Waals surface area contributed by atoms with Crippen LogP contribution in [0, 0.1) is 0 Å². The molecule has 0 unspecified atom stereocenters. The number of aromatic nitrogens is 2. The molecule has 1 aliphatic rings. The van der Waals surface area contributed by atoms with E-state index >= 15 is 0 Å². The summed E-state index contributed by atoms with van der Waals surface area (Å²) in [5.74, 6) is 0.486. The van der Waals surface area contributed by atoms with Crippen molar-refractivity contribution in [2.75, 3.05) is 0 Å². The number of aliphatic hydroxyl groups excluding tert-OH is 1. The molecule has 1 atom stereocenters. The number of nitrogens with zero attached hydrogens (tertiary/aromatic N) is 2. The summed E-state index contributed by atoms with van der Waals surface area (Å²) in [4.78, 5) is 0. The van der Waals surface area contributed by atoms with Gasteiger partial charge >= 0.3 is 0 Å². The fourth-order valence-electron chi connectivity index (χ4n) is 1.44. The number of nitrogens with two attached hydrogens (primary N) is 1. The van der Waals surface area contributed by atoms with Gasteiger partial charge in [-0.05, 0) is 19.8 Å². The van der Waals surface area contributed by atoms with Crippen molar-refractivity contribution in [1.29, 1.82) is 0 Å². The Kier molecular flexibility index (Phi) is 2.31. The molecule has 0 aromatic carbocycles. The SMILES string of the molecule is C[C@@H](O)c1nnc([C@H]2C[C@H](N)C2)s1. The molecule has 1 aromatic heterocycles. The quantitative estimate of drug-likeness (QED) is 0.739. The van der Waals surface area contributed by atoms with Crippen molar-refractivity contribution < 1.29 is 5.11 Å². The lowest BCUT2D eigenvalue weighted by molar-refractivity contribution is 0.198. The minimum atomic E-state index is -0.500. The number of hydrogen-bond donors (Lipinski definition) is 2. The van der Waals surface area contributed by atoms with Crippen molar-refractivity contribution in [2.24, 2.45) is 5.73 Å². The zero-order valence-electron chi connectivity index (χ0n) is 7.47. The fraction of sp³-hybridized carbons (Fsp3) is 0.750. The summed E-state index contributed by atoms with van der Waals surface area (Å²) in [5, 5.41) is 18.9. The Morgan fingerprint density at radius 3 is 2.69 bits per heavy atom. The van der Waals surface area contributed by atoms with Crippen LogP contribution >= 0.6 is 11.3 Å². The van der Waals surface area contributed by atoms with Gasteiger partial charge in [0.05, 0.1) is 0 Å². The minimum absolute atomic E-state index is 0.337. The highest BCUT2D eigenvalue weighted by Gasteiger charge is 2.30. The number of hydrogen-bond acceptors (Lipinski definition) is 5. The molecule has 3 N–H and O–H groups in total. The maximum atomic E-state index is 9.24. The van der Waals surface area contributed by atoms with Gasteiger partial charge in [-0.2, -0.15) is 0 Å². The van der Waals surface area contributed by atoms with Gasteiger partial charge in [-0.25, -0.2) is 0 Å². The molecule has 13 heavy (non-hydrogen) atoms. The number of aliphatic hydroxyl groups is 1. The van der Waals surface area contributed by atoms with Crippen molar-refractivity contribution in [3.05, 3.63) is 10.0 Å². The van der Waals surface area contributed by atoms with E-state index in [1.165, 1.54) is 11.3 Å². The van der Waals surface area contributed by atoms with Gasteiger partial charge in [0.25, 0.3) is 0 Å². The van der Waals surface area contributed by atoms with Crippen LogP contribution in [0.1, 0.15) is 41.8 Å². The lowest BCUT2D eigenvalue weighted by atomic mass is 9.81. The van der Waals surface area contributed by atoms with E-state index in [1.54, 1.807) is 6.92 Å². The Hall–Kier alpha value is -0.520. The van der Waals surface area contributed by atoms with Crippen LogP contribution in [0.3, 0.4) is 0 Å². The first-order valence-electron chi connectivity index (χ1n) is 4.43. The summed E-state index contributed by atoms with van der Waals surface area (Å²) in [6.07, 6.45) is 1.52. The maximum Gasteiger partial charge on any atom is 0.145 e. The van der Waals surface area contributed by atoms with E-state index in [4.69, 9.17) is 5.73 Å². The second-order valence-corrected chi connectivity index (χ2v) is 4.62. The van der Waals surface area contributed by atoms with Gasteiger partial charge in [0, 0.05) is 12.0 Å². The monoisotopic (exact) mass is 199 g/mol. The van der Waals surface area contributed by atoms with Crippen molar-refractivity contribution in [2.45, 2.75) is 37.8 Å². The van der Waals surface area contributed by atoms with Crippen LogP contribution in [0.15, 0.2) is 0 Å². The van der Waals surface area contributed by atoms with Gasteiger partial charge in [0.1, 0.15) is 16.1 Å². The Balaban J connectivity index is 2.06. The highest BCUT2D eigenvalue weighted by Crippen LogP contribution is 2.37. The lowest BCUT2D eigenvalue weighted by Gasteiger charge is -2.30. The van der Waals surface area contributed by atoms with E-state index in [2.05, 4.69) is 10.2 Å². The first-order valence-corrected chi connectivity index (χ1v) is 5.25. The molecule has 1 aliphatic carbocycles. The molecule has 5 heteroatoms. The van der Waals surface area contributed by atoms with Crippen LogP contribution < -0.4 is 5.73 Å². The highest BCUT2D eigenvalue weighted by molar-refractivity contribution is 7.11. The summed E-state index contributed by atoms with van der Waals surface area (Å²) in [7, 11) is 0. The van der Waals surface area contributed by atoms with Gasteiger partial charge in [-0.1, -0.05) is 11.3 Å². The zero-order chi connectivity index (χ0) is 9.42. The molecule has 1 heterocycles. The maximum absolute atomic E-state index is 9.24. The summed E-state index contributed by atoms with van der Waals surface area (Å²) in [5.41, 5.74) is 5.68. The predicted molar refractivity (Wildman–Crippen MR) is 50.5 cm³/mol. The van der Waals surface area contributed by atoms with Crippen LogP contribution in [0.2, 0.25) is 0 Å². The summed E-state index contributed by atoms with van der Waals surface area (Å²) >= 11 is 1.50. The van der Waals surface area contributed by atoms with E-state index in [1.807, 2.05) is 0 Å². The Morgan fingerprint density at radius 1 is 1.54 bits per heavy atom. The third kappa shape index (κ3) is 1.72. The second kappa shape index (κ2) is 3.32. The van der Waals surface area contributed by atoms with E-state index in [9.17, 15) is 5.11 Å². The number of rotatable bonds is 2. The minimum Gasteiger partial charge on any atom is -0.386 e. The predicted octanol–water partition coefficient (Wildman–Crippen LogP) is 0.796. The summed E-state index contributed by atoms with van der Waals surface area (Å²) < 4.78 is 0. The average molecular weight is 199 g/mol. The van der Waals surface area contributed by atoms with Crippen molar-refractivity contribution >= 4 is 11.3 Å². The van der Waals surface area contributed by atoms with Gasteiger partial charge in [0.15, 0.2) is 0 Å². The third-order valence-corrected chi connectivity index (χ3v) is 3.59. The van der Waals surface area contributed by atoms with Crippen LogP contribution in [0.25, 0.3) is 0 Å². The third-order valence-electron chi connectivity index (χ3n) is 2.34. The second-order valence-electron chi connectivity index (χ2n) is 3.58. The normalized spacial score (nSPS) is 29.8. The molecule has 0 aliphatic heterocycles. The molecular formula is C8H13N3OS. The topological polar surface area (TPSA) is 72.0 Å². The Morgan fingerprint density at radius 2 is 2.23 bits per heavy atom. The Labute approximate surface area is 80.8 Å². The molecule has 0 amide bonds. The van der Waals surface area contributed by atoms with Gasteiger partial charge < -0.3 is 10.8 Å². The first-order chi connectivity index (χ1) is 6.16. The van der Waals surface area contributed by atoms with E-state index in [0.29, 0.717) is 17.0 Å².